The molecule has 0 spiro atoms. The van der Waals surface area contributed by atoms with E-state index < -0.39 is 18.1 Å². The summed E-state index contributed by atoms with van der Waals surface area (Å²) in [6.07, 6.45) is -0.563. The van der Waals surface area contributed by atoms with Crippen LogP contribution < -0.4 is 9.80 Å². The molecule has 1 unspecified atom stereocenters. The van der Waals surface area contributed by atoms with E-state index in [1.807, 2.05) is 65.6 Å². The Labute approximate surface area is 187 Å². The molecule has 3 aromatic rings. The van der Waals surface area contributed by atoms with E-state index in [0.717, 1.165) is 15.7 Å². The number of hydrogen-bond acceptors (Lipinski definition) is 4. The lowest BCUT2D eigenvalue weighted by molar-refractivity contribution is -0.136. The number of carbonyl (C=O) groups is 2. The van der Waals surface area contributed by atoms with Gasteiger partial charge in [0, 0.05) is 15.8 Å². The van der Waals surface area contributed by atoms with Gasteiger partial charge in [-0.3, -0.25) is 0 Å². The molecule has 31 heavy (non-hydrogen) atoms. The van der Waals surface area contributed by atoms with Gasteiger partial charge in [-0.2, -0.15) is 0 Å². The minimum atomic E-state index is -1.28. The van der Waals surface area contributed by atoms with Crippen LogP contribution in [0.2, 0.25) is 0 Å². The van der Waals surface area contributed by atoms with Crippen molar-refractivity contribution in [3.8, 4) is 0 Å². The highest BCUT2D eigenvalue weighted by Gasteiger charge is 2.41. The van der Waals surface area contributed by atoms with Crippen molar-refractivity contribution in [1.82, 2.24) is 0 Å². The lowest BCUT2D eigenvalue weighted by atomic mass is 10.00. The summed E-state index contributed by atoms with van der Waals surface area (Å²) in [7, 11) is 0. The van der Waals surface area contributed by atoms with Gasteiger partial charge in [0.05, 0.1) is 12.1 Å². The van der Waals surface area contributed by atoms with Crippen molar-refractivity contribution < 1.29 is 19.8 Å². The largest absolute Gasteiger partial charge is 0.478 e. The first-order chi connectivity index (χ1) is 15.0. The Hall–Kier alpha value is -3.58. The SMILES string of the molecule is O=C(O)C1=C(C(=O)O)N(c2ccccc2)C(c2ccc(Br)cc2)N(c2ccccc2)C1. The maximum Gasteiger partial charge on any atom is 0.353 e. The van der Waals surface area contributed by atoms with E-state index in [1.165, 1.54) is 0 Å². The van der Waals surface area contributed by atoms with Crippen LogP contribution in [0, 0.1) is 0 Å². The normalized spacial score (nSPS) is 16.4. The van der Waals surface area contributed by atoms with Crippen LogP contribution in [0.1, 0.15) is 11.7 Å². The van der Waals surface area contributed by atoms with Crippen molar-refractivity contribution in [2.75, 3.05) is 16.3 Å². The van der Waals surface area contributed by atoms with E-state index in [0.29, 0.717) is 5.69 Å². The quantitative estimate of drug-likeness (QED) is 0.542. The van der Waals surface area contributed by atoms with Crippen LogP contribution in [0.4, 0.5) is 11.4 Å². The number of anilines is 2. The third-order valence-corrected chi connectivity index (χ3v) is 5.67. The average Bonchev–Trinajstić information content (AvgIpc) is 2.79. The number of carboxylic acid groups (broad SMARTS) is 2. The van der Waals surface area contributed by atoms with Crippen LogP contribution in [-0.2, 0) is 9.59 Å². The molecule has 1 aliphatic heterocycles. The summed E-state index contributed by atoms with van der Waals surface area (Å²) in [5.41, 5.74) is 1.80. The Kier molecular flexibility index (Phi) is 5.77. The summed E-state index contributed by atoms with van der Waals surface area (Å²) in [5, 5.41) is 20.0. The molecule has 0 aromatic heterocycles. The summed E-state index contributed by atoms with van der Waals surface area (Å²) < 4.78 is 0.893. The van der Waals surface area contributed by atoms with E-state index >= 15 is 0 Å². The van der Waals surface area contributed by atoms with Gasteiger partial charge in [0.25, 0.3) is 0 Å². The Morgan fingerprint density at radius 3 is 1.84 bits per heavy atom. The number of carboxylic acids is 2. The summed E-state index contributed by atoms with van der Waals surface area (Å²) in [5.74, 6) is -2.54. The predicted molar refractivity (Wildman–Crippen MR) is 122 cm³/mol. The Balaban J connectivity index is 2.02. The zero-order valence-corrected chi connectivity index (χ0v) is 17.9. The highest BCUT2D eigenvalue weighted by molar-refractivity contribution is 9.10. The second-order valence-electron chi connectivity index (χ2n) is 7.03. The third-order valence-electron chi connectivity index (χ3n) is 5.15. The summed E-state index contributed by atoms with van der Waals surface area (Å²) in [6, 6.07) is 26.0. The second-order valence-corrected chi connectivity index (χ2v) is 7.95. The zero-order chi connectivity index (χ0) is 22.0. The number of rotatable bonds is 5. The van der Waals surface area contributed by atoms with Gasteiger partial charge in [-0.15, -0.1) is 0 Å². The molecule has 0 amide bonds. The fraction of sp³-hybridized carbons (Fsp3) is 0.0833. The highest BCUT2D eigenvalue weighted by atomic mass is 79.9. The molecule has 6 nitrogen and oxygen atoms in total. The minimum absolute atomic E-state index is 0.0506. The standard InChI is InChI=1S/C24H19BrN2O4/c25-17-13-11-16(12-14-17)22-26(18-7-3-1-4-8-18)15-20(23(28)29)21(24(30)31)27(22)19-9-5-2-6-10-19/h1-14,22H,15H2,(H,28,29)(H,30,31). The van der Waals surface area contributed by atoms with Crippen molar-refractivity contribution in [3.63, 3.8) is 0 Å². The molecule has 0 bridgehead atoms. The molecule has 3 aromatic carbocycles. The van der Waals surface area contributed by atoms with Crippen LogP contribution >= 0.6 is 15.9 Å². The lowest BCUT2D eigenvalue weighted by Crippen LogP contribution is -2.50. The van der Waals surface area contributed by atoms with Crippen molar-refractivity contribution >= 4 is 39.2 Å². The number of para-hydroxylation sites is 2. The topological polar surface area (TPSA) is 81.1 Å². The first-order valence-corrected chi connectivity index (χ1v) is 10.4. The van der Waals surface area contributed by atoms with Crippen molar-refractivity contribution in [1.29, 1.82) is 0 Å². The highest BCUT2D eigenvalue weighted by Crippen LogP contribution is 2.41. The molecular formula is C24H19BrN2O4. The number of aliphatic carboxylic acids is 2. The Bertz CT molecular complexity index is 1130. The van der Waals surface area contributed by atoms with E-state index in [-0.39, 0.29) is 17.8 Å². The summed E-state index contributed by atoms with van der Waals surface area (Å²) in [4.78, 5) is 28.0. The van der Waals surface area contributed by atoms with Crippen molar-refractivity contribution in [2.24, 2.45) is 0 Å². The molecule has 0 fully saturated rings. The van der Waals surface area contributed by atoms with Gasteiger partial charge in [-0.25, -0.2) is 9.59 Å². The zero-order valence-electron chi connectivity index (χ0n) is 16.4. The van der Waals surface area contributed by atoms with Crippen LogP contribution in [0.25, 0.3) is 0 Å². The van der Waals surface area contributed by atoms with Crippen LogP contribution in [0.3, 0.4) is 0 Å². The van der Waals surface area contributed by atoms with Crippen LogP contribution in [0.15, 0.2) is 101 Å². The van der Waals surface area contributed by atoms with Gasteiger partial charge < -0.3 is 20.0 Å². The minimum Gasteiger partial charge on any atom is -0.478 e. The van der Waals surface area contributed by atoms with Crippen molar-refractivity contribution in [3.05, 3.63) is 106 Å². The van der Waals surface area contributed by atoms with Crippen LogP contribution in [-0.4, -0.2) is 28.7 Å². The third kappa shape index (κ3) is 4.04. The smallest absolute Gasteiger partial charge is 0.353 e. The van der Waals surface area contributed by atoms with E-state index in [2.05, 4.69) is 15.9 Å². The van der Waals surface area contributed by atoms with Gasteiger partial charge in [0.15, 0.2) is 0 Å². The molecule has 7 heteroatoms. The van der Waals surface area contributed by atoms with E-state index in [1.54, 1.807) is 29.2 Å². The average molecular weight is 479 g/mol. The molecule has 4 rings (SSSR count). The second kappa shape index (κ2) is 8.65. The number of halogens is 1. The van der Waals surface area contributed by atoms with Gasteiger partial charge >= 0.3 is 11.9 Å². The maximum absolute atomic E-state index is 12.3. The molecule has 0 saturated heterocycles. The summed E-state index contributed by atoms with van der Waals surface area (Å²) in [6.45, 7) is -0.0506. The molecule has 156 valence electrons. The van der Waals surface area contributed by atoms with E-state index in [9.17, 15) is 19.8 Å². The lowest BCUT2D eigenvalue weighted by Gasteiger charge is -2.46. The molecule has 1 heterocycles. The Morgan fingerprint density at radius 2 is 1.32 bits per heavy atom. The predicted octanol–water partition coefficient (Wildman–Crippen LogP) is 4.90. The molecule has 1 atom stereocenters. The fourth-order valence-electron chi connectivity index (χ4n) is 3.81. The fourth-order valence-corrected chi connectivity index (χ4v) is 4.08. The summed E-state index contributed by atoms with van der Waals surface area (Å²) >= 11 is 3.44. The van der Waals surface area contributed by atoms with Gasteiger partial charge in [-0.1, -0.05) is 64.5 Å². The van der Waals surface area contributed by atoms with Gasteiger partial charge in [0.2, 0.25) is 0 Å². The van der Waals surface area contributed by atoms with Crippen molar-refractivity contribution in [2.45, 2.75) is 6.17 Å². The molecule has 0 saturated carbocycles. The number of hydrogen-bond donors (Lipinski definition) is 2. The van der Waals surface area contributed by atoms with Gasteiger partial charge in [0.1, 0.15) is 11.9 Å². The maximum atomic E-state index is 12.3. The molecular weight excluding hydrogens is 460 g/mol. The monoisotopic (exact) mass is 478 g/mol. The number of nitrogens with zero attached hydrogens (tertiary/aromatic N) is 2. The number of benzene rings is 3. The van der Waals surface area contributed by atoms with E-state index in [4.69, 9.17) is 0 Å². The first kappa shape index (κ1) is 20.7. The van der Waals surface area contributed by atoms with Crippen LogP contribution in [0.5, 0.6) is 0 Å². The Morgan fingerprint density at radius 1 is 0.774 bits per heavy atom. The molecule has 0 radical (unpaired) electrons. The molecule has 0 aliphatic carbocycles. The first-order valence-electron chi connectivity index (χ1n) is 9.58. The van der Waals surface area contributed by atoms with Gasteiger partial charge in [-0.05, 0) is 42.0 Å². The molecule has 2 N–H and O–H groups in total. The molecule has 1 aliphatic rings.